The molecule has 0 bridgehead atoms. The number of nitrogens with two attached hydrogens (primary N) is 1. The van der Waals surface area contributed by atoms with Crippen molar-refractivity contribution in [2.75, 3.05) is 11.9 Å². The summed E-state index contributed by atoms with van der Waals surface area (Å²) in [4.78, 5) is 13.5. The van der Waals surface area contributed by atoms with Crippen molar-refractivity contribution in [1.82, 2.24) is 4.98 Å². The third-order valence-corrected chi connectivity index (χ3v) is 9.02. The minimum Gasteiger partial charge on any atom is -0.480 e. The van der Waals surface area contributed by atoms with Crippen molar-refractivity contribution in [3.63, 3.8) is 0 Å². The van der Waals surface area contributed by atoms with E-state index in [4.69, 9.17) is 22.4 Å². The molecule has 1 aromatic heterocycles. The number of carboxylic acids is 1. The Bertz CT molecular complexity index is 1330. The lowest BCUT2D eigenvalue weighted by Crippen LogP contribution is -2.47. The van der Waals surface area contributed by atoms with Gasteiger partial charge in [-0.05, 0) is 59.4 Å². The van der Waals surface area contributed by atoms with Gasteiger partial charge >= 0.3 is 5.97 Å². The third kappa shape index (κ3) is 6.69. The van der Waals surface area contributed by atoms with Crippen LogP contribution in [-0.4, -0.2) is 31.0 Å². The monoisotopic (exact) mass is 543 g/mol. The number of unbranched alkanes of at least 4 members (excludes halogenated alkanes) is 1. The fourth-order valence-corrected chi connectivity index (χ4v) is 6.01. The molecule has 0 aliphatic carbocycles. The second kappa shape index (κ2) is 11.6. The van der Waals surface area contributed by atoms with Crippen LogP contribution in [0.4, 0.5) is 5.82 Å². The molecule has 1 atom stereocenters. The van der Waals surface area contributed by atoms with Gasteiger partial charge in [-0.1, -0.05) is 75.5 Å². The maximum atomic E-state index is 14.0. The predicted octanol–water partition coefficient (Wildman–Crippen LogP) is 5.53. The summed E-state index contributed by atoms with van der Waals surface area (Å²) in [5.74, 6) is -0.851. The second-order valence-electron chi connectivity index (χ2n) is 9.86. The van der Waals surface area contributed by atoms with Gasteiger partial charge < -0.3 is 16.2 Å². The summed E-state index contributed by atoms with van der Waals surface area (Å²) in [6, 6.07) is 18.4. The Balaban J connectivity index is 2.05. The highest BCUT2D eigenvalue weighted by Gasteiger charge is 2.44. The van der Waals surface area contributed by atoms with Gasteiger partial charge in [0.05, 0.1) is 10.6 Å². The summed E-state index contributed by atoms with van der Waals surface area (Å²) in [6.45, 7) is 6.21. The van der Waals surface area contributed by atoms with Crippen LogP contribution in [0.5, 0.6) is 0 Å². The van der Waals surface area contributed by atoms with Crippen molar-refractivity contribution in [2.24, 2.45) is 5.73 Å². The van der Waals surface area contributed by atoms with Crippen LogP contribution in [-0.2, 0) is 31.3 Å². The molecule has 0 radical (unpaired) electrons. The fourth-order valence-electron chi connectivity index (χ4n) is 4.22. The summed E-state index contributed by atoms with van der Waals surface area (Å²) in [7, 11) is -4.15. The lowest BCUT2D eigenvalue weighted by atomic mass is 9.80. The van der Waals surface area contributed by atoms with Gasteiger partial charge in [0, 0.05) is 11.4 Å². The predicted molar refractivity (Wildman–Crippen MR) is 148 cm³/mol. The zero-order valence-corrected chi connectivity index (χ0v) is 22.9. The molecule has 7 nitrogen and oxygen atoms in total. The first-order valence-electron chi connectivity index (χ1n) is 12.2. The van der Waals surface area contributed by atoms with E-state index in [1.807, 2.05) is 24.3 Å². The number of nitrogens with one attached hydrogen (secondary N) is 1. The summed E-state index contributed by atoms with van der Waals surface area (Å²) in [5.41, 5.74) is 8.79. The van der Waals surface area contributed by atoms with Crippen LogP contribution < -0.4 is 11.1 Å². The molecule has 4 N–H and O–H groups in total. The van der Waals surface area contributed by atoms with Crippen LogP contribution in [0.1, 0.15) is 56.9 Å². The molecule has 0 aliphatic rings. The highest BCUT2D eigenvalue weighted by molar-refractivity contribution is 7.92. The number of aliphatic carboxylic acids is 1. The van der Waals surface area contributed by atoms with Gasteiger partial charge in [-0.25, -0.2) is 13.4 Å². The summed E-state index contributed by atoms with van der Waals surface area (Å²) >= 11 is 5.99. The summed E-state index contributed by atoms with van der Waals surface area (Å²) < 4.78 is 27.9. The van der Waals surface area contributed by atoms with E-state index in [1.165, 1.54) is 29.8 Å². The normalized spacial score (nSPS) is 13.6. The van der Waals surface area contributed by atoms with E-state index in [-0.39, 0.29) is 34.8 Å². The van der Waals surface area contributed by atoms with Crippen molar-refractivity contribution in [2.45, 2.75) is 61.6 Å². The minimum absolute atomic E-state index is 0.00454. The lowest BCUT2D eigenvalue weighted by molar-refractivity contribution is -0.134. The first-order chi connectivity index (χ1) is 17.4. The van der Waals surface area contributed by atoms with Crippen molar-refractivity contribution >= 4 is 33.2 Å². The molecule has 0 amide bonds. The molecule has 198 valence electrons. The van der Waals surface area contributed by atoms with Crippen molar-refractivity contribution in [3.8, 4) is 0 Å². The van der Waals surface area contributed by atoms with Crippen molar-refractivity contribution < 1.29 is 18.3 Å². The Kier molecular flexibility index (Phi) is 9.00. The average Bonchev–Trinajstić information content (AvgIpc) is 2.87. The van der Waals surface area contributed by atoms with E-state index < -0.39 is 20.7 Å². The molecule has 1 heterocycles. The molecule has 0 saturated heterocycles. The number of halogens is 1. The Hall–Kier alpha value is -2.94. The largest absolute Gasteiger partial charge is 0.480 e. The smallest absolute Gasteiger partial charge is 0.322 e. The van der Waals surface area contributed by atoms with Crippen LogP contribution in [0.2, 0.25) is 5.02 Å². The topological polar surface area (TPSA) is 122 Å². The molecule has 2 aromatic carbocycles. The quantitative estimate of drug-likeness (QED) is 0.274. The maximum Gasteiger partial charge on any atom is 0.322 e. The van der Waals surface area contributed by atoms with Gasteiger partial charge in [0.2, 0.25) is 9.84 Å². The SMILES string of the molecule is CCCCC(C)(C)c1ccc(CC(N)(c2cccc(NCC(=O)O)n2)S(=O)(=O)c2ccc(Cl)cc2)cc1. The number of sulfone groups is 1. The third-order valence-electron chi connectivity index (χ3n) is 6.56. The van der Waals surface area contributed by atoms with Gasteiger partial charge in [-0.15, -0.1) is 0 Å². The van der Waals surface area contributed by atoms with E-state index in [1.54, 1.807) is 18.2 Å². The van der Waals surface area contributed by atoms with Crippen LogP contribution in [0, 0.1) is 0 Å². The molecule has 3 aromatic rings. The van der Waals surface area contributed by atoms with E-state index in [2.05, 4.69) is 31.1 Å². The summed E-state index contributed by atoms with van der Waals surface area (Å²) in [5, 5.41) is 12.1. The van der Waals surface area contributed by atoms with Crippen molar-refractivity contribution in [1.29, 1.82) is 0 Å². The molecule has 0 fully saturated rings. The molecule has 9 heteroatoms. The Morgan fingerprint density at radius 1 is 1.05 bits per heavy atom. The fraction of sp³-hybridized carbons (Fsp3) is 0.357. The summed E-state index contributed by atoms with van der Waals surface area (Å²) in [6.07, 6.45) is 3.25. The molecule has 37 heavy (non-hydrogen) atoms. The highest BCUT2D eigenvalue weighted by atomic mass is 35.5. The zero-order chi connectivity index (χ0) is 27.3. The Morgan fingerprint density at radius 2 is 1.70 bits per heavy atom. The number of carbonyl (C=O) groups is 1. The zero-order valence-electron chi connectivity index (χ0n) is 21.4. The van der Waals surface area contributed by atoms with Crippen molar-refractivity contribution in [3.05, 3.63) is 88.6 Å². The number of rotatable bonds is 12. The Morgan fingerprint density at radius 3 is 2.30 bits per heavy atom. The number of hydrogen-bond acceptors (Lipinski definition) is 6. The van der Waals surface area contributed by atoms with Crippen LogP contribution in [0.25, 0.3) is 0 Å². The van der Waals surface area contributed by atoms with Crippen LogP contribution in [0.15, 0.2) is 71.6 Å². The van der Waals surface area contributed by atoms with E-state index in [0.29, 0.717) is 5.02 Å². The first kappa shape index (κ1) is 28.6. The van der Waals surface area contributed by atoms with Gasteiger partial charge in [0.15, 0.2) is 4.87 Å². The molecule has 0 spiro atoms. The number of aromatic nitrogens is 1. The highest BCUT2D eigenvalue weighted by Crippen LogP contribution is 2.35. The number of hydrogen-bond donors (Lipinski definition) is 3. The molecule has 3 rings (SSSR count). The minimum atomic E-state index is -4.15. The average molecular weight is 544 g/mol. The lowest BCUT2D eigenvalue weighted by Gasteiger charge is -2.30. The Labute approximate surface area is 224 Å². The van der Waals surface area contributed by atoms with E-state index in [0.717, 1.165) is 24.8 Å². The number of carboxylic acid groups (broad SMARTS) is 1. The number of anilines is 1. The van der Waals surface area contributed by atoms with Gasteiger partial charge in [0.25, 0.3) is 0 Å². The second-order valence-corrected chi connectivity index (χ2v) is 12.5. The van der Waals surface area contributed by atoms with Gasteiger partial charge in [-0.3, -0.25) is 4.79 Å². The van der Waals surface area contributed by atoms with E-state index in [9.17, 15) is 13.2 Å². The van der Waals surface area contributed by atoms with Crippen LogP contribution >= 0.6 is 11.6 Å². The number of pyridine rings is 1. The number of benzene rings is 2. The maximum absolute atomic E-state index is 14.0. The van der Waals surface area contributed by atoms with Crippen LogP contribution in [0.3, 0.4) is 0 Å². The molecule has 1 unspecified atom stereocenters. The van der Waals surface area contributed by atoms with Gasteiger partial charge in [0.1, 0.15) is 12.4 Å². The molecule has 0 aliphatic heterocycles. The van der Waals surface area contributed by atoms with Gasteiger partial charge in [-0.2, -0.15) is 0 Å². The molecular weight excluding hydrogens is 510 g/mol. The number of nitrogens with zero attached hydrogens (tertiary/aromatic N) is 1. The first-order valence-corrected chi connectivity index (χ1v) is 14.1. The molecule has 0 saturated carbocycles. The molecular formula is C28H34ClN3O4S. The van der Waals surface area contributed by atoms with E-state index >= 15 is 0 Å². The standard InChI is InChI=1S/C28H34ClN3O4S/c1-4-5-17-27(2,3)21-11-9-20(10-12-21)18-28(30,37(35,36)23-15-13-22(29)14-16-23)24-7-6-8-25(32-24)31-19-26(33)34/h6-16H,4-5,17-19,30H2,1-3H3,(H,31,32)(H,33,34).